The molecule has 0 bridgehead atoms. The minimum Gasteiger partial charge on any atom is -0.354 e. The highest BCUT2D eigenvalue weighted by Crippen LogP contribution is 2.29. The van der Waals surface area contributed by atoms with E-state index < -0.39 is 35.7 Å². The first-order valence-corrected chi connectivity index (χ1v) is 9.96. The first-order valence-electron chi connectivity index (χ1n) is 9.96. The maximum Gasteiger partial charge on any atom is 0.433 e. The molecule has 0 aliphatic carbocycles. The minimum atomic E-state index is -4.79. The second-order valence-electron chi connectivity index (χ2n) is 7.50. The zero-order chi connectivity index (χ0) is 24.9. The summed E-state index contributed by atoms with van der Waals surface area (Å²) in [6, 6.07) is 6.87. The quantitative estimate of drug-likeness (QED) is 0.387. The van der Waals surface area contributed by atoms with Gasteiger partial charge in [0.05, 0.1) is 17.3 Å². The summed E-state index contributed by atoms with van der Waals surface area (Å²) in [4.78, 5) is 33.1. The Hall–Kier alpha value is -4.62. The number of anilines is 1. The summed E-state index contributed by atoms with van der Waals surface area (Å²) in [6.07, 6.45) is -3.90. The highest BCUT2D eigenvalue weighted by molar-refractivity contribution is 5.91. The fourth-order valence-electron chi connectivity index (χ4n) is 3.45. The molecule has 1 N–H and O–H groups in total. The second-order valence-corrected chi connectivity index (χ2v) is 7.50. The smallest absolute Gasteiger partial charge is 0.354 e. The maximum absolute atomic E-state index is 13.4. The third-order valence-corrected chi connectivity index (χ3v) is 4.99. The average molecular weight is 487 g/mol. The van der Waals surface area contributed by atoms with Crippen LogP contribution in [0, 0.1) is 12.7 Å². The van der Waals surface area contributed by atoms with E-state index in [1.165, 1.54) is 12.1 Å². The predicted octanol–water partition coefficient (Wildman–Crippen LogP) is 3.20. The fraction of sp³-hybridized carbons (Fsp3) is 0.143. The van der Waals surface area contributed by atoms with Crippen LogP contribution in [-0.4, -0.2) is 35.2 Å². The van der Waals surface area contributed by atoms with Gasteiger partial charge in [-0.3, -0.25) is 9.59 Å². The number of carbonyl (C=O) groups is 1. The maximum atomic E-state index is 13.4. The van der Waals surface area contributed by atoms with Crippen molar-refractivity contribution < 1.29 is 26.9 Å². The lowest BCUT2D eigenvalue weighted by Crippen LogP contribution is -2.26. The van der Waals surface area contributed by atoms with Crippen LogP contribution < -0.4 is 10.9 Å². The lowest BCUT2D eigenvalue weighted by atomic mass is 10.2. The molecule has 0 spiro atoms. The van der Waals surface area contributed by atoms with Crippen molar-refractivity contribution in [3.63, 3.8) is 0 Å². The Kier molecular flexibility index (Phi) is 5.07. The van der Waals surface area contributed by atoms with Gasteiger partial charge in [-0.2, -0.15) is 22.8 Å². The molecule has 0 fully saturated rings. The zero-order valence-corrected chi connectivity index (χ0v) is 17.7. The van der Waals surface area contributed by atoms with Crippen LogP contribution in [0.15, 0.2) is 51.9 Å². The predicted molar refractivity (Wildman–Crippen MR) is 113 cm³/mol. The summed E-state index contributed by atoms with van der Waals surface area (Å²) in [6.45, 7) is 1.11. The third-order valence-electron chi connectivity index (χ3n) is 4.99. The number of aryl methyl sites for hydroxylation is 1. The number of halogens is 4. The molecule has 0 aromatic carbocycles. The second kappa shape index (κ2) is 8.00. The van der Waals surface area contributed by atoms with Crippen molar-refractivity contribution in [2.75, 3.05) is 5.32 Å². The summed E-state index contributed by atoms with van der Waals surface area (Å²) in [5.74, 6) is -1.10. The van der Waals surface area contributed by atoms with Crippen molar-refractivity contribution in [1.82, 2.24) is 29.3 Å². The molecule has 5 aromatic rings. The van der Waals surface area contributed by atoms with Gasteiger partial charge in [-0.15, -0.1) is 0 Å². The molecule has 14 heteroatoms. The van der Waals surface area contributed by atoms with Gasteiger partial charge in [0.2, 0.25) is 5.91 Å². The van der Waals surface area contributed by atoms with Crippen LogP contribution in [0.25, 0.3) is 28.1 Å². The Balaban J connectivity index is 1.69. The lowest BCUT2D eigenvalue weighted by Gasteiger charge is -2.14. The molecule has 5 aromatic heterocycles. The standard InChI is InChI=1S/C21H13F4N7O3/c1-10-6-14(35-30-10)13-7-18-31(9-17(33)28-16-5-2-11(22)8-26-16)19-12(20(34)32(18)29-13)3-4-15(27-19)21(23,24)25/h2-8H,9H2,1H3,(H,26,28,33). The topological polar surface area (TPSA) is 120 Å². The fourth-order valence-corrected chi connectivity index (χ4v) is 3.45. The number of hydrogen-bond donors (Lipinski definition) is 1. The van der Waals surface area contributed by atoms with Crippen LogP contribution in [-0.2, 0) is 17.5 Å². The molecular formula is C21H13F4N7O3. The number of aromatic nitrogens is 6. The van der Waals surface area contributed by atoms with Crippen molar-refractivity contribution >= 4 is 28.4 Å². The van der Waals surface area contributed by atoms with Gasteiger partial charge in [0.1, 0.15) is 40.9 Å². The van der Waals surface area contributed by atoms with Gasteiger partial charge in [0.15, 0.2) is 5.76 Å². The van der Waals surface area contributed by atoms with Crippen molar-refractivity contribution in [2.24, 2.45) is 0 Å². The van der Waals surface area contributed by atoms with Crippen LogP contribution >= 0.6 is 0 Å². The van der Waals surface area contributed by atoms with Gasteiger partial charge in [-0.25, -0.2) is 14.4 Å². The molecule has 35 heavy (non-hydrogen) atoms. The number of nitrogens with zero attached hydrogens (tertiary/aromatic N) is 6. The number of nitrogens with one attached hydrogen (secondary N) is 1. The van der Waals surface area contributed by atoms with Crippen molar-refractivity contribution in [3.05, 3.63) is 70.2 Å². The summed E-state index contributed by atoms with van der Waals surface area (Å²) in [7, 11) is 0. The number of fused-ring (bicyclic) bond motifs is 2. The lowest BCUT2D eigenvalue weighted by molar-refractivity contribution is -0.141. The number of amides is 1. The highest BCUT2D eigenvalue weighted by atomic mass is 19.4. The van der Waals surface area contributed by atoms with E-state index in [4.69, 9.17) is 4.52 Å². The first kappa shape index (κ1) is 22.2. The van der Waals surface area contributed by atoms with Crippen molar-refractivity contribution in [1.29, 1.82) is 0 Å². The molecule has 0 saturated heterocycles. The number of alkyl halides is 3. The van der Waals surface area contributed by atoms with Gasteiger partial charge in [-0.05, 0) is 31.2 Å². The Bertz CT molecular complexity index is 1650. The Labute approximate surface area is 191 Å². The molecule has 0 aliphatic rings. The Morgan fingerprint density at radius 3 is 2.63 bits per heavy atom. The van der Waals surface area contributed by atoms with Gasteiger partial charge in [0, 0.05) is 12.1 Å². The van der Waals surface area contributed by atoms with Crippen LogP contribution in [0.2, 0.25) is 0 Å². The van der Waals surface area contributed by atoms with Crippen LogP contribution in [0.5, 0.6) is 0 Å². The van der Waals surface area contributed by atoms with E-state index in [0.29, 0.717) is 11.8 Å². The first-order chi connectivity index (χ1) is 16.6. The largest absolute Gasteiger partial charge is 0.433 e. The van der Waals surface area contributed by atoms with Crippen LogP contribution in [0.1, 0.15) is 11.4 Å². The molecular weight excluding hydrogens is 474 g/mol. The van der Waals surface area contributed by atoms with Crippen LogP contribution in [0.3, 0.4) is 0 Å². The normalized spacial score (nSPS) is 11.9. The average Bonchev–Trinajstić information content (AvgIpc) is 3.44. The molecule has 0 aliphatic heterocycles. The molecule has 10 nitrogen and oxygen atoms in total. The van der Waals surface area contributed by atoms with E-state index >= 15 is 0 Å². The summed E-state index contributed by atoms with van der Waals surface area (Å²) < 4.78 is 60.4. The SMILES string of the molecule is Cc1cc(-c2cc3n(CC(=O)Nc4ccc(F)cn4)c4nc(C(F)(F)F)ccc4c(=O)n3n2)on1. The van der Waals surface area contributed by atoms with Crippen LogP contribution in [0.4, 0.5) is 23.4 Å². The van der Waals surface area contributed by atoms with Gasteiger partial charge >= 0.3 is 6.18 Å². The Morgan fingerprint density at radius 2 is 1.97 bits per heavy atom. The van der Waals surface area contributed by atoms with E-state index in [1.54, 1.807) is 13.0 Å². The van der Waals surface area contributed by atoms with E-state index in [1.807, 2.05) is 0 Å². The monoisotopic (exact) mass is 487 g/mol. The molecule has 5 heterocycles. The molecule has 0 saturated carbocycles. The molecule has 178 valence electrons. The number of hydrogen-bond acceptors (Lipinski definition) is 7. The van der Waals surface area contributed by atoms with Gasteiger partial charge in [0.25, 0.3) is 5.56 Å². The number of carbonyl (C=O) groups excluding carboxylic acids is 1. The molecule has 5 rings (SSSR count). The van der Waals surface area contributed by atoms with E-state index in [2.05, 4.69) is 25.5 Å². The van der Waals surface area contributed by atoms with Gasteiger partial charge in [-0.1, -0.05) is 5.16 Å². The van der Waals surface area contributed by atoms with Crippen molar-refractivity contribution in [2.45, 2.75) is 19.6 Å². The zero-order valence-electron chi connectivity index (χ0n) is 17.7. The minimum absolute atomic E-state index is 0.0133. The molecule has 0 unspecified atom stereocenters. The Morgan fingerprint density at radius 1 is 1.17 bits per heavy atom. The van der Waals surface area contributed by atoms with E-state index in [0.717, 1.165) is 27.4 Å². The highest BCUT2D eigenvalue weighted by Gasteiger charge is 2.33. The van der Waals surface area contributed by atoms with Crippen molar-refractivity contribution in [3.8, 4) is 11.5 Å². The number of pyridine rings is 2. The molecule has 0 radical (unpaired) electrons. The van der Waals surface area contributed by atoms with E-state index in [-0.39, 0.29) is 34.0 Å². The number of rotatable bonds is 4. The molecule has 0 atom stereocenters. The van der Waals surface area contributed by atoms with E-state index in [9.17, 15) is 27.2 Å². The third kappa shape index (κ3) is 4.09. The summed E-state index contributed by atoms with van der Waals surface area (Å²) >= 11 is 0. The van der Waals surface area contributed by atoms with Gasteiger partial charge < -0.3 is 14.4 Å². The summed E-state index contributed by atoms with van der Waals surface area (Å²) in [5.41, 5.74) is -1.66. The molecule has 1 amide bonds. The summed E-state index contributed by atoms with van der Waals surface area (Å²) in [5, 5.41) is 10.2.